The van der Waals surface area contributed by atoms with Gasteiger partial charge in [0.1, 0.15) is 5.75 Å². The minimum absolute atomic E-state index is 0.219. The van der Waals surface area contributed by atoms with Crippen molar-refractivity contribution in [3.8, 4) is 5.75 Å². The van der Waals surface area contributed by atoms with E-state index in [-0.39, 0.29) is 4.90 Å². The van der Waals surface area contributed by atoms with Crippen LogP contribution in [0.25, 0.3) is 0 Å². The number of anilines is 1. The Balaban J connectivity index is 1.82. The van der Waals surface area contributed by atoms with Crippen molar-refractivity contribution in [3.63, 3.8) is 0 Å². The van der Waals surface area contributed by atoms with Gasteiger partial charge in [-0.2, -0.15) is 0 Å². The fraction of sp³-hybridized carbons (Fsp3) is 0.136. The smallest absolute Gasteiger partial charge is 0.261 e. The number of aryl methyl sites for hydroxylation is 1. The zero-order valence-corrected chi connectivity index (χ0v) is 16.6. The predicted octanol–water partition coefficient (Wildman–Crippen LogP) is 4.95. The van der Waals surface area contributed by atoms with Crippen LogP contribution in [0.15, 0.2) is 82.7 Å². The summed E-state index contributed by atoms with van der Waals surface area (Å²) in [6.07, 6.45) is 1.64. The molecule has 6 heteroatoms. The summed E-state index contributed by atoms with van der Waals surface area (Å²) in [7, 11) is -3.68. The molecule has 0 bridgehead atoms. The van der Waals surface area contributed by atoms with Crippen molar-refractivity contribution < 1.29 is 13.2 Å². The van der Waals surface area contributed by atoms with Crippen molar-refractivity contribution in [3.05, 3.63) is 83.9 Å². The molecule has 0 atom stereocenters. The van der Waals surface area contributed by atoms with Crippen LogP contribution in [0, 0.1) is 6.92 Å². The summed E-state index contributed by atoms with van der Waals surface area (Å²) >= 11 is 0. The molecular formula is C22H22N2O3S. The van der Waals surface area contributed by atoms with Crippen molar-refractivity contribution in [2.75, 3.05) is 11.3 Å². The third kappa shape index (κ3) is 4.98. The summed E-state index contributed by atoms with van der Waals surface area (Å²) in [6.45, 7) is 4.45. The van der Waals surface area contributed by atoms with Crippen LogP contribution >= 0.6 is 0 Å². The van der Waals surface area contributed by atoms with Gasteiger partial charge < -0.3 is 4.74 Å². The van der Waals surface area contributed by atoms with E-state index in [1.54, 1.807) is 42.6 Å². The maximum absolute atomic E-state index is 12.7. The predicted molar refractivity (Wildman–Crippen MR) is 113 cm³/mol. The molecule has 3 aromatic carbocycles. The number of rotatable bonds is 7. The van der Waals surface area contributed by atoms with Gasteiger partial charge in [-0.25, -0.2) is 8.42 Å². The molecule has 0 spiro atoms. The largest absolute Gasteiger partial charge is 0.494 e. The molecule has 0 unspecified atom stereocenters. The number of aliphatic imine (C=N–C) groups is 1. The molecule has 1 N–H and O–H groups in total. The molecule has 0 aliphatic carbocycles. The lowest BCUT2D eigenvalue weighted by Gasteiger charge is -2.10. The van der Waals surface area contributed by atoms with E-state index in [1.165, 1.54) is 0 Å². The van der Waals surface area contributed by atoms with Crippen molar-refractivity contribution in [2.24, 2.45) is 4.99 Å². The van der Waals surface area contributed by atoms with E-state index in [1.807, 2.05) is 50.2 Å². The lowest BCUT2D eigenvalue weighted by Crippen LogP contribution is -2.14. The van der Waals surface area contributed by atoms with Gasteiger partial charge in [0.15, 0.2) is 0 Å². The molecular weight excluding hydrogens is 372 g/mol. The number of hydrogen-bond donors (Lipinski definition) is 1. The van der Waals surface area contributed by atoms with Crippen LogP contribution in [0.5, 0.6) is 5.75 Å². The zero-order valence-electron chi connectivity index (χ0n) is 15.8. The molecule has 3 rings (SSSR count). The second-order valence-electron chi connectivity index (χ2n) is 6.19. The zero-order chi connectivity index (χ0) is 20.0. The van der Waals surface area contributed by atoms with Crippen LogP contribution in [-0.2, 0) is 10.0 Å². The van der Waals surface area contributed by atoms with Crippen LogP contribution in [-0.4, -0.2) is 21.2 Å². The summed E-state index contributed by atoms with van der Waals surface area (Å²) in [5.41, 5.74) is 2.89. The fourth-order valence-electron chi connectivity index (χ4n) is 2.56. The Morgan fingerprint density at radius 3 is 2.32 bits per heavy atom. The Bertz CT molecular complexity index is 1060. The molecule has 0 saturated carbocycles. The molecule has 5 nitrogen and oxygen atoms in total. The Morgan fingerprint density at radius 2 is 1.64 bits per heavy atom. The summed E-state index contributed by atoms with van der Waals surface area (Å²) in [6, 6.07) is 21.3. The van der Waals surface area contributed by atoms with E-state index >= 15 is 0 Å². The van der Waals surface area contributed by atoms with E-state index in [0.29, 0.717) is 17.9 Å². The second-order valence-corrected chi connectivity index (χ2v) is 7.87. The maximum atomic E-state index is 12.7. The highest BCUT2D eigenvalue weighted by Crippen LogP contribution is 2.22. The summed E-state index contributed by atoms with van der Waals surface area (Å²) in [5, 5.41) is 0. The second kappa shape index (κ2) is 8.71. The van der Waals surface area contributed by atoms with Crippen LogP contribution in [0.3, 0.4) is 0 Å². The van der Waals surface area contributed by atoms with E-state index in [2.05, 4.69) is 9.71 Å². The Kier molecular flexibility index (Phi) is 6.11. The van der Waals surface area contributed by atoms with Gasteiger partial charge in [-0.1, -0.05) is 35.9 Å². The van der Waals surface area contributed by atoms with Gasteiger partial charge in [-0.3, -0.25) is 9.71 Å². The lowest BCUT2D eigenvalue weighted by atomic mass is 10.2. The SMILES string of the molecule is CCOc1ccc(N=Cc2ccccc2NS(=O)(=O)c2ccc(C)cc2)cc1. The number of nitrogens with zero attached hydrogens (tertiary/aromatic N) is 1. The quantitative estimate of drug-likeness (QED) is 0.577. The molecule has 0 radical (unpaired) electrons. The number of benzene rings is 3. The van der Waals surface area contributed by atoms with Crippen LogP contribution in [0.4, 0.5) is 11.4 Å². The Hall–Kier alpha value is -3.12. The van der Waals surface area contributed by atoms with Gasteiger partial charge in [0.2, 0.25) is 0 Å². The number of sulfonamides is 1. The topological polar surface area (TPSA) is 67.8 Å². The standard InChI is InChI=1S/C22H22N2O3S/c1-3-27-20-12-10-19(11-13-20)23-16-18-6-4-5-7-22(18)24-28(25,26)21-14-8-17(2)9-15-21/h4-16,24H,3H2,1-2H3. The Labute approximate surface area is 165 Å². The van der Waals surface area contributed by atoms with Crippen molar-refractivity contribution >= 4 is 27.6 Å². The first kappa shape index (κ1) is 19.6. The first-order valence-corrected chi connectivity index (χ1v) is 10.4. The van der Waals surface area contributed by atoms with E-state index < -0.39 is 10.0 Å². The number of nitrogens with one attached hydrogen (secondary N) is 1. The third-order valence-electron chi connectivity index (χ3n) is 4.04. The highest BCUT2D eigenvalue weighted by Gasteiger charge is 2.15. The number of para-hydroxylation sites is 1. The highest BCUT2D eigenvalue weighted by molar-refractivity contribution is 7.92. The van der Waals surface area contributed by atoms with Crippen LogP contribution < -0.4 is 9.46 Å². The van der Waals surface area contributed by atoms with Crippen LogP contribution in [0.1, 0.15) is 18.1 Å². The minimum atomic E-state index is -3.68. The van der Waals surface area contributed by atoms with Gasteiger partial charge in [-0.15, -0.1) is 0 Å². The molecule has 0 fully saturated rings. The molecule has 0 saturated heterocycles. The van der Waals surface area contributed by atoms with E-state index in [9.17, 15) is 8.42 Å². The van der Waals surface area contributed by atoms with Gasteiger partial charge in [0.25, 0.3) is 10.0 Å². The van der Waals surface area contributed by atoms with Gasteiger partial charge in [-0.05, 0) is 56.3 Å². The summed E-state index contributed by atoms with van der Waals surface area (Å²) < 4.78 is 33.4. The average Bonchev–Trinajstić information content (AvgIpc) is 2.69. The minimum Gasteiger partial charge on any atom is -0.494 e. The van der Waals surface area contributed by atoms with Crippen molar-refractivity contribution in [2.45, 2.75) is 18.7 Å². The van der Waals surface area contributed by atoms with Crippen molar-refractivity contribution in [1.29, 1.82) is 0 Å². The highest BCUT2D eigenvalue weighted by atomic mass is 32.2. The van der Waals surface area contributed by atoms with Crippen molar-refractivity contribution in [1.82, 2.24) is 0 Å². The molecule has 0 aromatic heterocycles. The number of hydrogen-bond acceptors (Lipinski definition) is 4. The first-order chi connectivity index (χ1) is 13.5. The normalized spacial score (nSPS) is 11.5. The molecule has 0 amide bonds. The number of ether oxygens (including phenoxy) is 1. The molecule has 0 heterocycles. The molecule has 0 aliphatic heterocycles. The van der Waals surface area contributed by atoms with Crippen LogP contribution in [0.2, 0.25) is 0 Å². The fourth-order valence-corrected chi connectivity index (χ4v) is 3.65. The first-order valence-electron chi connectivity index (χ1n) is 8.93. The molecule has 3 aromatic rings. The van der Waals surface area contributed by atoms with Gasteiger partial charge in [0.05, 0.1) is 22.9 Å². The molecule has 28 heavy (non-hydrogen) atoms. The van der Waals surface area contributed by atoms with E-state index in [0.717, 1.165) is 17.0 Å². The van der Waals surface area contributed by atoms with Gasteiger partial charge in [0, 0.05) is 11.8 Å². The van der Waals surface area contributed by atoms with E-state index in [4.69, 9.17) is 4.74 Å². The maximum Gasteiger partial charge on any atom is 0.261 e. The summed E-state index contributed by atoms with van der Waals surface area (Å²) in [5.74, 6) is 0.785. The third-order valence-corrected chi connectivity index (χ3v) is 5.42. The Morgan fingerprint density at radius 1 is 0.964 bits per heavy atom. The molecule has 144 valence electrons. The lowest BCUT2D eigenvalue weighted by molar-refractivity contribution is 0.340. The monoisotopic (exact) mass is 394 g/mol. The molecule has 0 aliphatic rings. The van der Waals surface area contributed by atoms with Gasteiger partial charge >= 0.3 is 0 Å². The summed E-state index contributed by atoms with van der Waals surface area (Å²) in [4.78, 5) is 4.66. The average molecular weight is 394 g/mol.